The first-order valence-corrected chi connectivity index (χ1v) is 7.55. The summed E-state index contributed by atoms with van der Waals surface area (Å²) in [6.07, 6.45) is 3.79. The number of thiazole rings is 1. The van der Waals surface area contributed by atoms with Gasteiger partial charge in [-0.25, -0.2) is 0 Å². The van der Waals surface area contributed by atoms with Gasteiger partial charge in [-0.15, -0.1) is 0 Å². The molecule has 0 amide bonds. The van der Waals surface area contributed by atoms with E-state index in [1.807, 2.05) is 11.8 Å². The van der Waals surface area contributed by atoms with E-state index in [1.54, 1.807) is 16.0 Å². The molecule has 1 saturated heterocycles. The molecule has 108 valence electrons. The molecule has 0 aliphatic carbocycles. The average molecular weight is 296 g/mol. The van der Waals surface area contributed by atoms with Gasteiger partial charge in [-0.05, 0) is 24.7 Å². The molecule has 0 aromatic carbocycles. The molecule has 0 N–H and O–H groups in total. The van der Waals surface area contributed by atoms with Crippen LogP contribution in [0.15, 0.2) is 11.6 Å². The molecule has 1 atom stereocenters. The summed E-state index contributed by atoms with van der Waals surface area (Å²) in [4.78, 5) is 18.0. The number of nitro groups is 1. The Balaban J connectivity index is 1.94. The van der Waals surface area contributed by atoms with E-state index in [0.717, 1.165) is 19.4 Å². The summed E-state index contributed by atoms with van der Waals surface area (Å²) in [5.41, 5.74) is 0. The van der Waals surface area contributed by atoms with E-state index in [-0.39, 0.29) is 16.8 Å². The number of piperidine rings is 1. The van der Waals surface area contributed by atoms with Gasteiger partial charge in [0.1, 0.15) is 6.20 Å². The number of imidazole rings is 1. The van der Waals surface area contributed by atoms with Crippen molar-refractivity contribution in [2.24, 2.45) is 0 Å². The van der Waals surface area contributed by atoms with E-state index in [4.69, 9.17) is 4.74 Å². The molecule has 1 fully saturated rings. The van der Waals surface area contributed by atoms with E-state index >= 15 is 0 Å². The highest BCUT2D eigenvalue weighted by Crippen LogP contribution is 2.32. The van der Waals surface area contributed by atoms with E-state index in [0.29, 0.717) is 23.9 Å². The number of fused-ring (bicyclic) bond motifs is 1. The smallest absolute Gasteiger partial charge is 0.373 e. The van der Waals surface area contributed by atoms with Crippen molar-refractivity contribution in [1.82, 2.24) is 9.38 Å². The van der Waals surface area contributed by atoms with Crippen molar-refractivity contribution in [1.29, 1.82) is 0 Å². The van der Waals surface area contributed by atoms with E-state index in [9.17, 15) is 10.1 Å². The Labute approximate surface area is 119 Å². The lowest BCUT2D eigenvalue weighted by Gasteiger charge is -2.32. The van der Waals surface area contributed by atoms with Crippen LogP contribution in [-0.2, 0) is 4.74 Å². The van der Waals surface area contributed by atoms with Gasteiger partial charge >= 0.3 is 5.82 Å². The van der Waals surface area contributed by atoms with Gasteiger partial charge in [-0.1, -0.05) is 11.3 Å². The highest BCUT2D eigenvalue weighted by molar-refractivity contribution is 7.15. The van der Waals surface area contributed by atoms with Gasteiger partial charge in [-0.3, -0.25) is 0 Å². The lowest BCUT2D eigenvalue weighted by Crippen LogP contribution is -2.40. The maximum absolute atomic E-state index is 11.3. The third-order valence-electron chi connectivity index (χ3n) is 3.47. The molecule has 1 unspecified atom stereocenters. The quantitative estimate of drug-likeness (QED) is 0.639. The van der Waals surface area contributed by atoms with Gasteiger partial charge in [-0.2, -0.15) is 9.38 Å². The normalized spacial score (nSPS) is 19.6. The zero-order valence-electron chi connectivity index (χ0n) is 11.2. The van der Waals surface area contributed by atoms with Crippen molar-refractivity contribution >= 4 is 27.9 Å². The van der Waals surface area contributed by atoms with Crippen LogP contribution < -0.4 is 4.90 Å². The summed E-state index contributed by atoms with van der Waals surface area (Å²) in [5.74, 6) is 0.518. The first-order valence-electron chi connectivity index (χ1n) is 6.67. The molecule has 3 heterocycles. The fourth-order valence-electron chi connectivity index (χ4n) is 2.65. The summed E-state index contributed by atoms with van der Waals surface area (Å²) in [5, 5.41) is 13.1. The second-order valence-corrected chi connectivity index (χ2v) is 5.61. The van der Waals surface area contributed by atoms with Crippen LogP contribution in [-0.4, -0.2) is 40.1 Å². The largest absolute Gasteiger partial charge is 0.377 e. The minimum atomic E-state index is -0.355. The van der Waals surface area contributed by atoms with Crippen molar-refractivity contribution < 1.29 is 9.66 Å². The second-order valence-electron chi connectivity index (χ2n) is 4.74. The highest BCUT2D eigenvalue weighted by atomic mass is 32.1. The third-order valence-corrected chi connectivity index (χ3v) is 4.23. The van der Waals surface area contributed by atoms with E-state index < -0.39 is 0 Å². The lowest BCUT2D eigenvalue weighted by molar-refractivity contribution is -0.389. The predicted octanol–water partition coefficient (Wildman–Crippen LogP) is 2.31. The molecular weight excluding hydrogens is 280 g/mol. The Morgan fingerprint density at radius 3 is 3.25 bits per heavy atom. The Kier molecular flexibility index (Phi) is 3.58. The van der Waals surface area contributed by atoms with Crippen LogP contribution in [0, 0.1) is 10.1 Å². The summed E-state index contributed by atoms with van der Waals surface area (Å²) in [6, 6.07) is 0. The molecule has 2 aromatic rings. The highest BCUT2D eigenvalue weighted by Gasteiger charge is 2.31. The fraction of sp³-hybridized carbons (Fsp3) is 0.583. The number of hydrogen-bond acceptors (Lipinski definition) is 6. The number of anilines is 1. The molecule has 0 bridgehead atoms. The number of rotatable bonds is 4. The van der Waals surface area contributed by atoms with Gasteiger partial charge in [0, 0.05) is 25.1 Å². The minimum absolute atomic E-state index is 0.0541. The molecule has 0 radical (unpaired) electrons. The van der Waals surface area contributed by atoms with Crippen molar-refractivity contribution in [2.45, 2.75) is 25.9 Å². The molecule has 1 aliphatic rings. The molecule has 1 aliphatic heterocycles. The zero-order chi connectivity index (χ0) is 14.1. The van der Waals surface area contributed by atoms with Gasteiger partial charge in [0.15, 0.2) is 0 Å². The molecule has 0 saturated carbocycles. The SMILES string of the molecule is CCOC1CCCN(c2nc3sccn3c2[N+](=O)[O-])C1. The second kappa shape index (κ2) is 5.37. The molecule has 2 aromatic heterocycles. The molecule has 3 rings (SSSR count). The van der Waals surface area contributed by atoms with Gasteiger partial charge in [0.2, 0.25) is 5.82 Å². The predicted molar refractivity (Wildman–Crippen MR) is 76.6 cm³/mol. The molecule has 8 heteroatoms. The van der Waals surface area contributed by atoms with Crippen molar-refractivity contribution in [3.8, 4) is 0 Å². The molecule has 20 heavy (non-hydrogen) atoms. The topological polar surface area (TPSA) is 72.9 Å². The average Bonchev–Trinajstić information content (AvgIpc) is 2.98. The first kappa shape index (κ1) is 13.3. The first-order chi connectivity index (χ1) is 9.70. The van der Waals surface area contributed by atoms with Crippen LogP contribution >= 0.6 is 11.3 Å². The number of nitrogens with zero attached hydrogens (tertiary/aromatic N) is 4. The van der Waals surface area contributed by atoms with Crippen LogP contribution in [0.3, 0.4) is 0 Å². The van der Waals surface area contributed by atoms with Gasteiger partial charge in [0.25, 0.3) is 4.96 Å². The van der Waals surface area contributed by atoms with Crippen LogP contribution in [0.2, 0.25) is 0 Å². The maximum atomic E-state index is 11.3. The monoisotopic (exact) mass is 296 g/mol. The summed E-state index contributed by atoms with van der Waals surface area (Å²) < 4.78 is 7.19. The third kappa shape index (κ3) is 2.25. The molecule has 7 nitrogen and oxygen atoms in total. The molecule has 0 spiro atoms. The van der Waals surface area contributed by atoms with Crippen LogP contribution in [0.25, 0.3) is 4.96 Å². The van der Waals surface area contributed by atoms with Crippen LogP contribution in [0.5, 0.6) is 0 Å². The van der Waals surface area contributed by atoms with Gasteiger partial charge < -0.3 is 19.8 Å². The molecular formula is C12H16N4O3S. The Bertz CT molecular complexity index is 621. The van der Waals surface area contributed by atoms with E-state index in [1.165, 1.54) is 11.3 Å². The van der Waals surface area contributed by atoms with Crippen molar-refractivity contribution in [3.63, 3.8) is 0 Å². The standard InChI is InChI=1S/C12H16N4O3S/c1-2-19-9-4-3-5-14(8-9)10-11(16(17)18)15-6-7-20-12(15)13-10/h6-7,9H,2-5,8H2,1H3. The van der Waals surface area contributed by atoms with Gasteiger partial charge in [0.05, 0.1) is 6.10 Å². The Morgan fingerprint density at radius 2 is 2.50 bits per heavy atom. The number of ether oxygens (including phenoxy) is 1. The fourth-order valence-corrected chi connectivity index (χ4v) is 3.35. The Morgan fingerprint density at radius 1 is 1.65 bits per heavy atom. The number of hydrogen-bond donors (Lipinski definition) is 0. The van der Waals surface area contributed by atoms with Crippen LogP contribution in [0.4, 0.5) is 11.6 Å². The van der Waals surface area contributed by atoms with Crippen LogP contribution in [0.1, 0.15) is 19.8 Å². The zero-order valence-corrected chi connectivity index (χ0v) is 12.0. The van der Waals surface area contributed by atoms with E-state index in [2.05, 4.69) is 4.98 Å². The summed E-state index contributed by atoms with van der Waals surface area (Å²) in [6.45, 7) is 4.08. The maximum Gasteiger partial charge on any atom is 0.373 e. The summed E-state index contributed by atoms with van der Waals surface area (Å²) >= 11 is 1.40. The minimum Gasteiger partial charge on any atom is -0.377 e. The number of aromatic nitrogens is 2. The van der Waals surface area contributed by atoms with Crippen molar-refractivity contribution in [2.75, 3.05) is 24.6 Å². The Hall–Kier alpha value is -1.67. The van der Waals surface area contributed by atoms with Crippen molar-refractivity contribution in [3.05, 3.63) is 21.7 Å². The lowest BCUT2D eigenvalue weighted by atomic mass is 10.1. The summed E-state index contributed by atoms with van der Waals surface area (Å²) in [7, 11) is 0.